The maximum absolute atomic E-state index is 12.9. The average Bonchev–Trinajstić information content (AvgIpc) is 3.04. The Labute approximate surface area is 175 Å². The van der Waals surface area contributed by atoms with E-state index in [2.05, 4.69) is 0 Å². The van der Waals surface area contributed by atoms with E-state index in [1.807, 2.05) is 37.3 Å². The van der Waals surface area contributed by atoms with E-state index in [4.69, 9.17) is 0 Å². The molecule has 0 unspecified atom stereocenters. The standard InChI is InChI=1S/C25H22N2O3/c1-17(19-8-4-3-5-9-19)26(2)23(28)20-14-12-18(13-15-20)16-27-24(29)21-10-6-7-11-22(21)25(27)30/h3-15,17H,16H2,1-2H3/t17-/m0/s1. The van der Waals surface area contributed by atoms with Crippen LogP contribution < -0.4 is 0 Å². The zero-order valence-electron chi connectivity index (χ0n) is 16.9. The summed E-state index contributed by atoms with van der Waals surface area (Å²) in [4.78, 5) is 40.9. The van der Waals surface area contributed by atoms with E-state index in [1.54, 1.807) is 60.5 Å². The quantitative estimate of drug-likeness (QED) is 0.602. The molecule has 0 aromatic heterocycles. The molecule has 5 nitrogen and oxygen atoms in total. The predicted molar refractivity (Wildman–Crippen MR) is 114 cm³/mol. The minimum absolute atomic E-state index is 0.0586. The van der Waals surface area contributed by atoms with Crippen LogP contribution in [0, 0.1) is 0 Å². The van der Waals surface area contributed by atoms with Gasteiger partial charge in [0, 0.05) is 12.6 Å². The topological polar surface area (TPSA) is 57.7 Å². The molecule has 3 aromatic rings. The third kappa shape index (κ3) is 3.50. The Hall–Kier alpha value is -3.73. The number of carbonyl (C=O) groups excluding carboxylic acids is 3. The second-order valence-electron chi connectivity index (χ2n) is 7.44. The molecule has 0 fully saturated rings. The fourth-order valence-corrected chi connectivity index (χ4v) is 3.65. The van der Waals surface area contributed by atoms with Gasteiger partial charge in [0.2, 0.25) is 0 Å². The van der Waals surface area contributed by atoms with Crippen molar-refractivity contribution in [1.82, 2.24) is 9.80 Å². The fourth-order valence-electron chi connectivity index (χ4n) is 3.65. The van der Waals surface area contributed by atoms with Gasteiger partial charge in [-0.25, -0.2) is 0 Å². The van der Waals surface area contributed by atoms with Gasteiger partial charge in [-0.2, -0.15) is 0 Å². The van der Waals surface area contributed by atoms with Gasteiger partial charge in [0.25, 0.3) is 17.7 Å². The number of hydrogen-bond acceptors (Lipinski definition) is 3. The van der Waals surface area contributed by atoms with Crippen LogP contribution in [0.2, 0.25) is 0 Å². The van der Waals surface area contributed by atoms with E-state index in [1.165, 1.54) is 4.90 Å². The lowest BCUT2D eigenvalue weighted by molar-refractivity contribution is 0.0640. The van der Waals surface area contributed by atoms with Gasteiger partial charge < -0.3 is 4.90 Å². The summed E-state index contributed by atoms with van der Waals surface area (Å²) < 4.78 is 0. The van der Waals surface area contributed by atoms with E-state index in [-0.39, 0.29) is 30.3 Å². The highest BCUT2D eigenvalue weighted by Gasteiger charge is 2.34. The van der Waals surface area contributed by atoms with Crippen LogP contribution in [0.15, 0.2) is 78.9 Å². The number of nitrogens with zero attached hydrogens (tertiary/aromatic N) is 2. The number of hydrogen-bond donors (Lipinski definition) is 0. The molecule has 1 heterocycles. The van der Waals surface area contributed by atoms with Crippen molar-refractivity contribution in [1.29, 1.82) is 0 Å². The summed E-state index contributed by atoms with van der Waals surface area (Å²) in [7, 11) is 1.78. The van der Waals surface area contributed by atoms with Gasteiger partial charge in [-0.3, -0.25) is 19.3 Å². The summed E-state index contributed by atoms with van der Waals surface area (Å²) in [5, 5.41) is 0. The van der Waals surface area contributed by atoms with Crippen LogP contribution in [0.1, 0.15) is 55.2 Å². The van der Waals surface area contributed by atoms with Crippen molar-refractivity contribution in [3.05, 3.63) is 107 Å². The van der Waals surface area contributed by atoms with Gasteiger partial charge in [0.15, 0.2) is 0 Å². The van der Waals surface area contributed by atoms with Crippen LogP contribution in [-0.2, 0) is 6.54 Å². The normalized spacial score (nSPS) is 13.9. The maximum Gasteiger partial charge on any atom is 0.261 e. The molecule has 1 aliphatic rings. The maximum atomic E-state index is 12.9. The first-order chi connectivity index (χ1) is 14.5. The molecule has 5 heteroatoms. The lowest BCUT2D eigenvalue weighted by atomic mass is 10.1. The summed E-state index contributed by atoms with van der Waals surface area (Å²) >= 11 is 0. The van der Waals surface area contributed by atoms with Crippen LogP contribution in [0.5, 0.6) is 0 Å². The third-order valence-corrected chi connectivity index (χ3v) is 5.60. The molecular weight excluding hydrogens is 376 g/mol. The van der Waals surface area contributed by atoms with Crippen molar-refractivity contribution >= 4 is 17.7 Å². The molecule has 3 aromatic carbocycles. The van der Waals surface area contributed by atoms with Gasteiger partial charge in [0.05, 0.1) is 23.7 Å². The van der Waals surface area contributed by atoms with Crippen LogP contribution >= 0.6 is 0 Å². The minimum Gasteiger partial charge on any atom is -0.335 e. The Morgan fingerprint density at radius 2 is 1.37 bits per heavy atom. The molecule has 0 N–H and O–H groups in total. The first-order valence-corrected chi connectivity index (χ1v) is 9.83. The Bertz CT molecular complexity index is 1070. The largest absolute Gasteiger partial charge is 0.335 e. The van der Waals surface area contributed by atoms with Crippen LogP contribution in [-0.4, -0.2) is 34.6 Å². The van der Waals surface area contributed by atoms with Crippen molar-refractivity contribution in [3.63, 3.8) is 0 Å². The first-order valence-electron chi connectivity index (χ1n) is 9.83. The number of imide groups is 1. The second-order valence-corrected chi connectivity index (χ2v) is 7.44. The van der Waals surface area contributed by atoms with Crippen molar-refractivity contribution in [3.8, 4) is 0 Å². The Morgan fingerprint density at radius 3 is 1.93 bits per heavy atom. The van der Waals surface area contributed by atoms with Crippen LogP contribution in [0.4, 0.5) is 0 Å². The average molecular weight is 398 g/mol. The summed E-state index contributed by atoms with van der Waals surface area (Å²) in [6.07, 6.45) is 0. The van der Waals surface area contributed by atoms with E-state index < -0.39 is 0 Å². The molecule has 0 aliphatic carbocycles. The number of benzene rings is 3. The van der Waals surface area contributed by atoms with E-state index in [0.717, 1.165) is 11.1 Å². The summed E-state index contributed by atoms with van der Waals surface area (Å²) in [5.74, 6) is -0.655. The molecule has 0 saturated heterocycles. The number of fused-ring (bicyclic) bond motifs is 1. The molecule has 30 heavy (non-hydrogen) atoms. The van der Waals surface area contributed by atoms with Crippen molar-refractivity contribution in [2.75, 3.05) is 7.05 Å². The lowest BCUT2D eigenvalue weighted by Crippen LogP contribution is -2.30. The Balaban J connectivity index is 1.46. The predicted octanol–water partition coefficient (Wildman–Crippen LogP) is 4.32. The smallest absolute Gasteiger partial charge is 0.261 e. The van der Waals surface area contributed by atoms with Crippen molar-refractivity contribution < 1.29 is 14.4 Å². The number of amides is 3. The highest BCUT2D eigenvalue weighted by Crippen LogP contribution is 2.25. The van der Waals surface area contributed by atoms with Crippen molar-refractivity contribution in [2.24, 2.45) is 0 Å². The fraction of sp³-hybridized carbons (Fsp3) is 0.160. The van der Waals surface area contributed by atoms with Gasteiger partial charge in [-0.15, -0.1) is 0 Å². The van der Waals surface area contributed by atoms with Gasteiger partial charge in [-0.05, 0) is 42.3 Å². The number of carbonyl (C=O) groups is 3. The van der Waals surface area contributed by atoms with Gasteiger partial charge >= 0.3 is 0 Å². The third-order valence-electron chi connectivity index (χ3n) is 5.60. The highest BCUT2D eigenvalue weighted by molar-refractivity contribution is 6.21. The molecular formula is C25H22N2O3. The zero-order chi connectivity index (χ0) is 21.3. The summed E-state index contributed by atoms with van der Waals surface area (Å²) in [6.45, 7) is 2.17. The lowest BCUT2D eigenvalue weighted by Gasteiger charge is -2.25. The molecule has 1 aliphatic heterocycles. The molecule has 4 rings (SSSR count). The SMILES string of the molecule is C[C@@H](c1ccccc1)N(C)C(=O)c1ccc(CN2C(=O)c3ccccc3C2=O)cc1. The molecule has 0 spiro atoms. The molecule has 0 saturated carbocycles. The summed E-state index contributed by atoms with van der Waals surface area (Å²) in [5.41, 5.74) is 3.29. The summed E-state index contributed by atoms with van der Waals surface area (Å²) in [6, 6.07) is 23.7. The Kier molecular flexibility index (Phi) is 5.19. The molecule has 150 valence electrons. The highest BCUT2D eigenvalue weighted by atomic mass is 16.2. The zero-order valence-corrected chi connectivity index (χ0v) is 16.9. The van der Waals surface area contributed by atoms with E-state index in [0.29, 0.717) is 16.7 Å². The van der Waals surface area contributed by atoms with Gasteiger partial charge in [0.1, 0.15) is 0 Å². The van der Waals surface area contributed by atoms with Gasteiger partial charge in [-0.1, -0.05) is 54.6 Å². The second kappa shape index (κ2) is 7.95. The molecule has 0 bridgehead atoms. The first kappa shape index (κ1) is 19.6. The Morgan fingerprint density at radius 1 is 0.833 bits per heavy atom. The van der Waals surface area contributed by atoms with E-state index in [9.17, 15) is 14.4 Å². The molecule has 0 radical (unpaired) electrons. The van der Waals surface area contributed by atoms with Crippen molar-refractivity contribution in [2.45, 2.75) is 19.5 Å². The van der Waals surface area contributed by atoms with E-state index >= 15 is 0 Å². The van der Waals surface area contributed by atoms with Crippen LogP contribution in [0.25, 0.3) is 0 Å². The van der Waals surface area contributed by atoms with Crippen LogP contribution in [0.3, 0.4) is 0 Å². The number of rotatable bonds is 5. The minimum atomic E-state index is -0.285. The molecule has 3 amide bonds. The monoisotopic (exact) mass is 398 g/mol. The molecule has 1 atom stereocenters.